The van der Waals surface area contributed by atoms with Gasteiger partial charge in [0.15, 0.2) is 0 Å². The first-order valence-corrected chi connectivity index (χ1v) is 6.48. The molecule has 0 aliphatic carbocycles. The Balaban J connectivity index is 1.62. The second kappa shape index (κ2) is 5.57. The van der Waals surface area contributed by atoms with Crippen LogP contribution in [0, 0.1) is 0 Å². The standard InChI is InChI=1S/C16H16N2O/c1-2-5-14(6-3-1)13-18-11-10-15(17-18)8-9-16-7-4-12-19-16/h1-9,12H,10-11,13H2. The van der Waals surface area contributed by atoms with Crippen LogP contribution < -0.4 is 0 Å². The second-order valence-electron chi connectivity index (χ2n) is 4.56. The minimum absolute atomic E-state index is 0.865. The summed E-state index contributed by atoms with van der Waals surface area (Å²) in [6.45, 7) is 1.85. The SMILES string of the molecule is C(=Cc1ccco1)C1=NN(Cc2ccccc2)CC1. The minimum atomic E-state index is 0.865. The quantitative estimate of drug-likeness (QED) is 0.832. The van der Waals surface area contributed by atoms with Crippen molar-refractivity contribution in [3.05, 3.63) is 66.1 Å². The molecule has 3 heteroatoms. The lowest BCUT2D eigenvalue weighted by Crippen LogP contribution is -2.12. The Kier molecular flexibility index (Phi) is 3.45. The molecule has 0 saturated heterocycles. The summed E-state index contributed by atoms with van der Waals surface area (Å²) in [5.74, 6) is 0.865. The van der Waals surface area contributed by atoms with Crippen molar-refractivity contribution < 1.29 is 4.42 Å². The zero-order chi connectivity index (χ0) is 12.9. The summed E-state index contributed by atoms with van der Waals surface area (Å²) in [4.78, 5) is 0. The van der Waals surface area contributed by atoms with Gasteiger partial charge in [0.1, 0.15) is 5.76 Å². The lowest BCUT2D eigenvalue weighted by molar-refractivity contribution is 0.310. The number of hydrogen-bond acceptors (Lipinski definition) is 3. The molecule has 1 aliphatic heterocycles. The molecule has 1 aromatic heterocycles. The molecule has 0 amide bonds. The smallest absolute Gasteiger partial charge is 0.126 e. The van der Waals surface area contributed by atoms with E-state index in [4.69, 9.17) is 4.42 Å². The Hall–Kier alpha value is -2.29. The highest BCUT2D eigenvalue weighted by Crippen LogP contribution is 2.13. The molecular weight excluding hydrogens is 236 g/mol. The zero-order valence-electron chi connectivity index (χ0n) is 10.7. The van der Waals surface area contributed by atoms with Crippen LogP contribution in [0.1, 0.15) is 17.7 Å². The molecule has 3 nitrogen and oxygen atoms in total. The van der Waals surface area contributed by atoms with Crippen LogP contribution in [0.2, 0.25) is 0 Å². The number of benzene rings is 1. The van der Waals surface area contributed by atoms with E-state index in [9.17, 15) is 0 Å². The van der Waals surface area contributed by atoms with Crippen LogP contribution in [-0.2, 0) is 6.54 Å². The van der Waals surface area contributed by atoms with Crippen molar-refractivity contribution in [1.82, 2.24) is 5.01 Å². The summed E-state index contributed by atoms with van der Waals surface area (Å²) in [6.07, 6.45) is 6.66. The maximum atomic E-state index is 5.26. The molecule has 2 aromatic rings. The molecule has 0 spiro atoms. The topological polar surface area (TPSA) is 28.7 Å². The molecule has 0 N–H and O–H groups in total. The maximum Gasteiger partial charge on any atom is 0.126 e. The van der Waals surface area contributed by atoms with Gasteiger partial charge in [0.25, 0.3) is 0 Å². The van der Waals surface area contributed by atoms with Crippen molar-refractivity contribution in [2.75, 3.05) is 6.54 Å². The summed E-state index contributed by atoms with van der Waals surface area (Å²) < 4.78 is 5.26. The number of rotatable bonds is 4. The summed E-state index contributed by atoms with van der Waals surface area (Å²) in [6, 6.07) is 14.2. The van der Waals surface area contributed by atoms with Gasteiger partial charge in [0.05, 0.1) is 18.5 Å². The summed E-state index contributed by atoms with van der Waals surface area (Å²) in [5, 5.41) is 6.71. The number of nitrogens with zero attached hydrogens (tertiary/aromatic N) is 2. The van der Waals surface area contributed by atoms with Gasteiger partial charge >= 0.3 is 0 Å². The van der Waals surface area contributed by atoms with Crippen LogP contribution in [-0.4, -0.2) is 17.3 Å². The molecule has 1 aromatic carbocycles. The predicted molar refractivity (Wildman–Crippen MR) is 76.6 cm³/mol. The van der Waals surface area contributed by atoms with Gasteiger partial charge in [-0.3, -0.25) is 5.01 Å². The molecule has 0 saturated carbocycles. The fourth-order valence-electron chi connectivity index (χ4n) is 2.11. The number of hydrogen-bond donors (Lipinski definition) is 0. The van der Waals surface area contributed by atoms with Gasteiger partial charge in [0, 0.05) is 13.0 Å². The van der Waals surface area contributed by atoms with E-state index in [0.29, 0.717) is 0 Å². The largest absolute Gasteiger partial charge is 0.465 e. The summed E-state index contributed by atoms with van der Waals surface area (Å²) >= 11 is 0. The van der Waals surface area contributed by atoms with E-state index in [1.807, 2.05) is 30.4 Å². The molecule has 0 atom stereocenters. The van der Waals surface area contributed by atoms with Crippen LogP contribution >= 0.6 is 0 Å². The van der Waals surface area contributed by atoms with Gasteiger partial charge in [-0.05, 0) is 29.8 Å². The van der Waals surface area contributed by atoms with E-state index < -0.39 is 0 Å². The fourth-order valence-corrected chi connectivity index (χ4v) is 2.11. The molecule has 3 rings (SSSR count). The van der Waals surface area contributed by atoms with Gasteiger partial charge < -0.3 is 4.42 Å². The first-order valence-electron chi connectivity index (χ1n) is 6.48. The van der Waals surface area contributed by atoms with E-state index in [2.05, 4.69) is 34.4 Å². The van der Waals surface area contributed by atoms with E-state index in [1.54, 1.807) is 6.26 Å². The van der Waals surface area contributed by atoms with Crippen molar-refractivity contribution in [2.45, 2.75) is 13.0 Å². The van der Waals surface area contributed by atoms with Crippen LogP contribution in [0.4, 0.5) is 0 Å². The van der Waals surface area contributed by atoms with Gasteiger partial charge in [-0.25, -0.2) is 0 Å². The van der Waals surface area contributed by atoms with E-state index in [0.717, 1.165) is 31.0 Å². The van der Waals surface area contributed by atoms with Gasteiger partial charge in [0.2, 0.25) is 0 Å². The average molecular weight is 252 g/mol. The molecule has 0 radical (unpaired) electrons. The third kappa shape index (κ3) is 3.13. The van der Waals surface area contributed by atoms with Crippen LogP contribution in [0.5, 0.6) is 0 Å². The lowest BCUT2D eigenvalue weighted by Gasteiger charge is -2.12. The Morgan fingerprint density at radius 1 is 1.11 bits per heavy atom. The van der Waals surface area contributed by atoms with Crippen LogP contribution in [0.3, 0.4) is 0 Å². The van der Waals surface area contributed by atoms with Crippen LogP contribution in [0.25, 0.3) is 6.08 Å². The van der Waals surface area contributed by atoms with Crippen LogP contribution in [0.15, 0.2) is 64.3 Å². The molecule has 0 fully saturated rings. The number of furan rings is 1. The minimum Gasteiger partial charge on any atom is -0.465 e. The zero-order valence-corrected chi connectivity index (χ0v) is 10.7. The predicted octanol–water partition coefficient (Wildman–Crippen LogP) is 3.55. The van der Waals surface area contributed by atoms with Crippen molar-refractivity contribution >= 4 is 11.8 Å². The highest BCUT2D eigenvalue weighted by molar-refractivity contribution is 5.98. The fraction of sp³-hybridized carbons (Fsp3) is 0.188. The van der Waals surface area contributed by atoms with E-state index >= 15 is 0 Å². The maximum absolute atomic E-state index is 5.26. The number of allylic oxidation sites excluding steroid dienone is 1. The van der Waals surface area contributed by atoms with Crippen molar-refractivity contribution in [1.29, 1.82) is 0 Å². The van der Waals surface area contributed by atoms with Gasteiger partial charge in [-0.15, -0.1) is 0 Å². The van der Waals surface area contributed by atoms with E-state index in [-0.39, 0.29) is 0 Å². The van der Waals surface area contributed by atoms with Gasteiger partial charge in [-0.2, -0.15) is 5.10 Å². The molecule has 19 heavy (non-hydrogen) atoms. The molecular formula is C16H16N2O. The average Bonchev–Trinajstić information content (AvgIpc) is 3.09. The molecule has 96 valence electrons. The molecule has 2 heterocycles. The summed E-state index contributed by atoms with van der Waals surface area (Å²) in [5.41, 5.74) is 2.40. The molecule has 1 aliphatic rings. The normalized spacial score (nSPS) is 15.2. The highest BCUT2D eigenvalue weighted by atomic mass is 16.3. The first kappa shape index (κ1) is 11.8. The first-order chi connectivity index (χ1) is 9.40. The third-order valence-electron chi connectivity index (χ3n) is 3.09. The Labute approximate surface area is 112 Å². The Bertz CT molecular complexity index is 570. The molecule has 0 unspecified atom stereocenters. The molecule has 0 bridgehead atoms. The Morgan fingerprint density at radius 3 is 2.79 bits per heavy atom. The third-order valence-corrected chi connectivity index (χ3v) is 3.09. The monoisotopic (exact) mass is 252 g/mol. The summed E-state index contributed by atoms with van der Waals surface area (Å²) in [7, 11) is 0. The second-order valence-corrected chi connectivity index (χ2v) is 4.56. The van der Waals surface area contributed by atoms with Crippen molar-refractivity contribution in [2.24, 2.45) is 5.10 Å². The highest BCUT2D eigenvalue weighted by Gasteiger charge is 2.12. The number of hydrazone groups is 1. The van der Waals surface area contributed by atoms with Crippen molar-refractivity contribution in [3.8, 4) is 0 Å². The van der Waals surface area contributed by atoms with E-state index in [1.165, 1.54) is 5.56 Å². The van der Waals surface area contributed by atoms with Gasteiger partial charge in [-0.1, -0.05) is 30.3 Å². The lowest BCUT2D eigenvalue weighted by atomic mass is 10.2. The Morgan fingerprint density at radius 2 is 2.00 bits per heavy atom. The van der Waals surface area contributed by atoms with Crippen molar-refractivity contribution in [3.63, 3.8) is 0 Å².